The van der Waals surface area contributed by atoms with Crippen molar-refractivity contribution in [2.45, 2.75) is 0 Å². The minimum atomic E-state index is -4.84. The zero-order valence-electron chi connectivity index (χ0n) is 15.5. The molecule has 37 heavy (non-hydrogen) atoms. The molecule has 0 unspecified atom stereocenters. The fourth-order valence-corrected chi connectivity index (χ4v) is 0. The summed E-state index contributed by atoms with van der Waals surface area (Å²) < 4.78 is 156. The van der Waals surface area contributed by atoms with Crippen LogP contribution in [0.25, 0.3) is 0 Å². The van der Waals surface area contributed by atoms with Crippen molar-refractivity contribution >= 4 is 8.41 Å². The number of nitriles is 6. The molecule has 0 aromatic rings. The van der Waals surface area contributed by atoms with E-state index >= 15 is 0 Å². The van der Waals surface area contributed by atoms with E-state index in [4.69, 9.17) is 56.7 Å². The molecule has 31 heteroatoms. The molecule has 0 amide bonds. The van der Waals surface area contributed by atoms with Gasteiger partial charge < -0.3 is 0 Å². The summed E-state index contributed by atoms with van der Waals surface area (Å²) >= 11 is -29.0. The van der Waals surface area contributed by atoms with Gasteiger partial charge in [0.05, 0.1) is 8.41 Å². The van der Waals surface area contributed by atoms with Gasteiger partial charge in [-0.3, -0.25) is 0 Å². The number of rotatable bonds is 0. The Hall–Kier alpha value is -2.52. The van der Waals surface area contributed by atoms with E-state index in [1.165, 1.54) is 0 Å². The monoisotopic (exact) mass is 794 g/mol. The predicted molar refractivity (Wildman–Crippen MR) is 65.2 cm³/mol. The van der Waals surface area contributed by atoms with Gasteiger partial charge in [0.1, 0.15) is 0 Å². The molecule has 0 heterocycles. The van der Waals surface area contributed by atoms with Crippen LogP contribution in [0.5, 0.6) is 0 Å². The zero-order valence-corrected chi connectivity index (χ0v) is 22.6. The molecule has 0 rings (SSSR count). The first kappa shape index (κ1) is 51.2. The first-order valence-corrected chi connectivity index (χ1v) is 17.8. The zero-order chi connectivity index (χ0) is 31.2. The fourth-order valence-electron chi connectivity index (χ4n) is 0. The second-order valence-corrected chi connectivity index (χ2v) is 13.0. The molecular formula is C6H9BMn6N6O18. The Balaban J connectivity index is -0.0000000581. The van der Waals surface area contributed by atoms with Crippen molar-refractivity contribution in [3.63, 3.8) is 0 Å². The van der Waals surface area contributed by atoms with Crippen LogP contribution in [-0.2, 0) is 124 Å². The van der Waals surface area contributed by atoms with Crippen molar-refractivity contribution in [1.29, 1.82) is 31.6 Å². The summed E-state index contributed by atoms with van der Waals surface area (Å²) in [6.07, 6.45) is 0. The molecule has 0 saturated carbocycles. The predicted octanol–water partition coefficient (Wildman–Crippen LogP) is -5.87. The summed E-state index contributed by atoms with van der Waals surface area (Å²) in [4.78, 5) is 4.14. The van der Waals surface area contributed by atoms with Crippen LogP contribution in [0.4, 0.5) is 0 Å². The number of nitrogens with zero attached hydrogens (tertiary/aromatic N) is 6. The molecule has 0 aliphatic heterocycles. The van der Waals surface area contributed by atoms with Crippen molar-refractivity contribution < 1.29 is 149 Å². The van der Waals surface area contributed by atoms with E-state index in [9.17, 15) is 46.0 Å². The average molecular weight is 794 g/mol. The molecule has 0 atom stereocenters. The van der Waals surface area contributed by atoms with Gasteiger partial charge in [0, 0.05) is 0 Å². The van der Waals surface area contributed by atoms with Crippen LogP contribution in [-0.4, -0.2) is 33.5 Å². The second kappa shape index (κ2) is 22.7. The van der Waals surface area contributed by atoms with Crippen LogP contribution in [0.1, 0.15) is 0 Å². The maximum atomic E-state index is 9.25. The van der Waals surface area contributed by atoms with E-state index in [-0.39, 0.29) is 8.41 Å². The van der Waals surface area contributed by atoms with Gasteiger partial charge in [-0.25, -0.2) is 0 Å². The molecule has 0 aromatic carbocycles. The van der Waals surface area contributed by atoms with Crippen LogP contribution in [0.2, 0.25) is 0 Å². The van der Waals surface area contributed by atoms with E-state index in [2.05, 4.69) is 0 Å². The van der Waals surface area contributed by atoms with Gasteiger partial charge in [-0.2, -0.15) is 0 Å². The van der Waals surface area contributed by atoms with Crippen LogP contribution >= 0.6 is 0 Å². The maximum absolute atomic E-state index is 9.25. The standard InChI is InChI=1S/6CN.BH3.6Mn.6H2O.12O/c6*1-2;;;;;;;;;;;;;;;;;;;;;;;;;/h;;;;;;1H3;;;;;;;6*1H2;;;;;;;;;;;;/q;;;;;;;6*+1;;;;;;;;;;;;;;;;;;/p-6. The third-order valence-electron chi connectivity index (χ3n) is 0.641. The summed E-state index contributed by atoms with van der Waals surface area (Å²) in [5.74, 6) is 0. The van der Waals surface area contributed by atoms with E-state index in [0.717, 1.165) is 0 Å². The Kier molecular flexibility index (Phi) is 31.3. The summed E-state index contributed by atoms with van der Waals surface area (Å²) in [6, 6.07) is 0. The summed E-state index contributed by atoms with van der Waals surface area (Å²) in [6.45, 7) is 0. The Labute approximate surface area is 217 Å². The Morgan fingerprint density at radius 1 is 0.297 bits per heavy atom. The Bertz CT molecular complexity index is 1290. The van der Waals surface area contributed by atoms with E-state index in [1.807, 2.05) is 0 Å². The molecule has 0 bridgehead atoms. The van der Waals surface area contributed by atoms with Gasteiger partial charge in [0.15, 0.2) is 0 Å². The molecule has 0 fully saturated rings. The van der Waals surface area contributed by atoms with Crippen LogP contribution in [0.3, 0.4) is 0 Å². The molecule has 0 saturated heterocycles. The molecule has 0 aromatic heterocycles. The topological polar surface area (TPSA) is 469 Å². The Morgan fingerprint density at radius 2 is 0.324 bits per heavy atom. The summed E-state index contributed by atoms with van der Waals surface area (Å²) in [5, 5.41) is 44.0. The number of hydrogen-bond acceptors (Lipinski definition) is 18. The van der Waals surface area contributed by atoms with Crippen LogP contribution in [0.15, 0.2) is 0 Å². The first-order valence-electron chi connectivity index (χ1n) is 5.34. The van der Waals surface area contributed by atoms with Gasteiger partial charge in [0.2, 0.25) is 0 Å². The van der Waals surface area contributed by atoms with Crippen molar-refractivity contribution in [2.75, 3.05) is 0 Å². The molecule has 0 spiro atoms. The molecule has 6 N–H and O–H groups in total. The quantitative estimate of drug-likeness (QED) is 0.124. The van der Waals surface area contributed by atoms with Gasteiger partial charge in [-0.1, -0.05) is 0 Å². The van der Waals surface area contributed by atoms with Gasteiger partial charge >= 0.3 is 211 Å². The summed E-state index contributed by atoms with van der Waals surface area (Å²) in [7, 11) is 0. The Morgan fingerprint density at radius 3 is 0.324 bits per heavy atom. The van der Waals surface area contributed by atoms with Gasteiger partial charge in [-0.15, -0.1) is 0 Å². The fraction of sp³-hybridized carbons (Fsp3) is 0. The average Bonchev–Trinajstić information content (AvgIpc) is 2.67. The van der Waals surface area contributed by atoms with E-state index < -0.39 is 78.2 Å². The van der Waals surface area contributed by atoms with Crippen LogP contribution < -0.4 is 0 Å². The molecule has 0 radical (unpaired) electrons. The van der Waals surface area contributed by atoms with E-state index in [0.29, 0.717) is 29.8 Å². The van der Waals surface area contributed by atoms with Crippen molar-refractivity contribution in [1.82, 2.24) is 0 Å². The third kappa shape index (κ3) is 138. The molecule has 0 aliphatic carbocycles. The van der Waals surface area contributed by atoms with Crippen molar-refractivity contribution in [3.8, 4) is 29.8 Å². The second-order valence-electron chi connectivity index (χ2n) is 3.15. The normalized spacial score (nSPS) is 9.73. The third-order valence-corrected chi connectivity index (χ3v) is 2.64. The first-order chi connectivity index (χ1) is 15.4. The van der Waals surface area contributed by atoms with Gasteiger partial charge in [0.25, 0.3) is 0 Å². The van der Waals surface area contributed by atoms with E-state index in [1.54, 1.807) is 0 Å². The van der Waals surface area contributed by atoms with Crippen molar-refractivity contribution in [3.05, 3.63) is 0 Å². The molecule has 0 aliphatic rings. The van der Waals surface area contributed by atoms with Crippen LogP contribution in [0, 0.1) is 61.4 Å². The van der Waals surface area contributed by atoms with Crippen molar-refractivity contribution in [2.24, 2.45) is 0 Å². The molecule has 216 valence electrons. The SMILES string of the molecule is B.N#[C][Mn](=[O])(=[O])[OH].N#[C][Mn](=[O])(=[O])[OH].N#[C][Mn](=[O])(=[O])[OH].N#[C][Mn](=[O])(=[O])[OH].N#[C][Mn](=[O])(=[O])[OH].N#[C][Mn](=[O])(=[O])[OH]. The van der Waals surface area contributed by atoms with Gasteiger partial charge in [-0.05, 0) is 0 Å². The number of hydrogen-bond donors (Lipinski definition) is 6. The molecular weight excluding hydrogens is 785 g/mol. The summed E-state index contributed by atoms with van der Waals surface area (Å²) in [5.41, 5.74) is 0. The minimum absolute atomic E-state index is 0. The molecule has 24 nitrogen and oxygen atoms in total.